The Morgan fingerprint density at radius 3 is 2.68 bits per heavy atom. The standard InChI is InChI=1S/C11H11ClN2O3S2/c12-7-3-1-4-8-10(7)11(14-19(8,16)17)9-5-2-6-18(9,13)15/h1,3-4,9,13H,2,5-6H2. The Bertz CT molecular complexity index is 797. The van der Waals surface area contributed by atoms with Gasteiger partial charge < -0.3 is 0 Å². The molecule has 1 fully saturated rings. The van der Waals surface area contributed by atoms with E-state index in [4.69, 9.17) is 16.4 Å². The summed E-state index contributed by atoms with van der Waals surface area (Å²) in [4.78, 5) is 0.0529. The molecule has 102 valence electrons. The summed E-state index contributed by atoms with van der Waals surface area (Å²) in [7, 11) is -6.60. The van der Waals surface area contributed by atoms with E-state index in [2.05, 4.69) is 4.40 Å². The highest BCUT2D eigenvalue weighted by molar-refractivity contribution is 7.94. The Morgan fingerprint density at radius 2 is 2.05 bits per heavy atom. The summed E-state index contributed by atoms with van der Waals surface area (Å²) in [6.07, 6.45) is 1.16. The first kappa shape index (κ1) is 13.1. The van der Waals surface area contributed by atoms with Crippen molar-refractivity contribution in [1.29, 1.82) is 4.78 Å². The van der Waals surface area contributed by atoms with Crippen molar-refractivity contribution in [3.63, 3.8) is 0 Å². The third kappa shape index (κ3) is 1.91. The molecule has 5 nitrogen and oxygen atoms in total. The molecule has 1 N–H and O–H groups in total. The fraction of sp³-hybridized carbons (Fsp3) is 0.364. The van der Waals surface area contributed by atoms with Gasteiger partial charge in [-0.05, 0) is 25.0 Å². The first-order chi connectivity index (χ1) is 8.83. The fourth-order valence-corrected chi connectivity index (χ4v) is 6.20. The van der Waals surface area contributed by atoms with Crippen LogP contribution in [-0.4, -0.2) is 29.3 Å². The number of rotatable bonds is 1. The molecule has 0 aromatic heterocycles. The smallest absolute Gasteiger partial charge is 0.252 e. The van der Waals surface area contributed by atoms with Gasteiger partial charge in [0, 0.05) is 11.3 Å². The van der Waals surface area contributed by atoms with Gasteiger partial charge in [-0.15, -0.1) is 0 Å². The number of nitrogens with one attached hydrogen (secondary N) is 1. The van der Waals surface area contributed by atoms with Gasteiger partial charge in [-0.1, -0.05) is 17.7 Å². The lowest BCUT2D eigenvalue weighted by atomic mass is 10.0. The summed E-state index contributed by atoms with van der Waals surface area (Å²) in [5.74, 6) is 0.288. The number of nitrogens with zero attached hydrogens (tertiary/aromatic N) is 1. The summed E-state index contributed by atoms with van der Waals surface area (Å²) < 4.78 is 47.7. The molecule has 1 saturated heterocycles. The summed E-state index contributed by atoms with van der Waals surface area (Å²) in [6, 6.07) is 4.56. The van der Waals surface area contributed by atoms with E-state index in [0.717, 1.165) is 0 Å². The molecule has 0 saturated carbocycles. The predicted octanol–water partition coefficient (Wildman–Crippen LogP) is 2.04. The first-order valence-corrected chi connectivity index (χ1v) is 9.33. The summed E-state index contributed by atoms with van der Waals surface area (Å²) >= 11 is 6.06. The van der Waals surface area contributed by atoms with Gasteiger partial charge in [-0.2, -0.15) is 12.8 Å². The van der Waals surface area contributed by atoms with Crippen molar-refractivity contribution < 1.29 is 12.6 Å². The molecule has 0 radical (unpaired) electrons. The minimum absolute atomic E-state index is 0.0529. The molecule has 2 atom stereocenters. The highest BCUT2D eigenvalue weighted by Gasteiger charge is 2.40. The molecule has 2 aliphatic rings. The summed E-state index contributed by atoms with van der Waals surface area (Å²) in [5, 5.41) is -0.358. The summed E-state index contributed by atoms with van der Waals surface area (Å²) in [5.41, 5.74) is 0.536. The molecule has 2 aliphatic heterocycles. The minimum atomic E-state index is -3.77. The molecule has 19 heavy (non-hydrogen) atoms. The molecular weight excluding hydrogens is 308 g/mol. The second-order valence-electron chi connectivity index (χ2n) is 4.63. The van der Waals surface area contributed by atoms with E-state index < -0.39 is 25.0 Å². The van der Waals surface area contributed by atoms with Gasteiger partial charge >= 0.3 is 0 Å². The van der Waals surface area contributed by atoms with Crippen molar-refractivity contribution in [2.24, 2.45) is 4.40 Å². The number of sulfonamides is 1. The highest BCUT2D eigenvalue weighted by Crippen LogP contribution is 2.37. The second kappa shape index (κ2) is 4.04. The Morgan fingerprint density at radius 1 is 1.32 bits per heavy atom. The lowest BCUT2D eigenvalue weighted by Gasteiger charge is -2.12. The van der Waals surface area contributed by atoms with Crippen LogP contribution < -0.4 is 0 Å². The van der Waals surface area contributed by atoms with Gasteiger partial charge in [0.15, 0.2) is 0 Å². The van der Waals surface area contributed by atoms with Gasteiger partial charge in [-0.25, -0.2) is 4.21 Å². The van der Waals surface area contributed by atoms with Crippen molar-refractivity contribution >= 4 is 37.1 Å². The number of hydrogen-bond donors (Lipinski definition) is 1. The maximum atomic E-state index is 12.2. The zero-order chi connectivity index (χ0) is 13.8. The largest absolute Gasteiger partial charge is 0.283 e. The third-order valence-corrected chi connectivity index (χ3v) is 7.33. The SMILES string of the molecule is N=S1(=O)CCCC1C1=NS(=O)(=O)c2cccc(Cl)c21. The minimum Gasteiger partial charge on any atom is -0.252 e. The van der Waals surface area contributed by atoms with Crippen molar-refractivity contribution in [2.75, 3.05) is 5.75 Å². The third-order valence-electron chi connectivity index (χ3n) is 3.41. The molecular formula is C11H11ClN2O3S2. The van der Waals surface area contributed by atoms with Crippen LogP contribution in [0, 0.1) is 4.78 Å². The lowest BCUT2D eigenvalue weighted by molar-refractivity contribution is 0.599. The molecule has 2 unspecified atom stereocenters. The molecule has 1 aromatic rings. The van der Waals surface area contributed by atoms with Crippen LogP contribution in [0.4, 0.5) is 0 Å². The predicted molar refractivity (Wildman–Crippen MR) is 73.9 cm³/mol. The zero-order valence-corrected chi connectivity index (χ0v) is 12.2. The number of halogens is 1. The average molecular weight is 319 g/mol. The second-order valence-corrected chi connectivity index (χ2v) is 9.04. The van der Waals surface area contributed by atoms with Crippen LogP contribution in [0.15, 0.2) is 27.5 Å². The van der Waals surface area contributed by atoms with Crippen LogP contribution in [0.5, 0.6) is 0 Å². The normalized spacial score (nSPS) is 32.1. The number of benzene rings is 1. The molecule has 0 amide bonds. The first-order valence-electron chi connectivity index (χ1n) is 5.72. The topological polar surface area (TPSA) is 87.4 Å². The monoisotopic (exact) mass is 318 g/mol. The van der Waals surface area contributed by atoms with E-state index >= 15 is 0 Å². The molecule has 0 bridgehead atoms. The average Bonchev–Trinajstić information content (AvgIpc) is 2.78. The van der Waals surface area contributed by atoms with Crippen LogP contribution >= 0.6 is 11.6 Å². The fourth-order valence-electron chi connectivity index (χ4n) is 2.54. The Labute approximate surface area is 116 Å². The molecule has 0 spiro atoms. The summed E-state index contributed by atoms with van der Waals surface area (Å²) in [6.45, 7) is 0. The zero-order valence-electron chi connectivity index (χ0n) is 9.80. The molecule has 2 heterocycles. The van der Waals surface area contributed by atoms with Crippen molar-refractivity contribution in [3.8, 4) is 0 Å². The quantitative estimate of drug-likeness (QED) is 0.859. The Kier molecular flexibility index (Phi) is 2.78. The molecule has 8 heteroatoms. The van der Waals surface area contributed by atoms with E-state index in [1.165, 1.54) is 6.07 Å². The van der Waals surface area contributed by atoms with Gasteiger partial charge in [0.1, 0.15) is 0 Å². The van der Waals surface area contributed by atoms with Crippen molar-refractivity contribution in [3.05, 3.63) is 28.8 Å². The van der Waals surface area contributed by atoms with E-state index in [0.29, 0.717) is 18.4 Å². The van der Waals surface area contributed by atoms with Crippen LogP contribution in [-0.2, 0) is 19.8 Å². The van der Waals surface area contributed by atoms with E-state index in [9.17, 15) is 12.6 Å². The van der Waals surface area contributed by atoms with Gasteiger partial charge in [0.2, 0.25) is 0 Å². The molecule has 0 aliphatic carbocycles. The Balaban J connectivity index is 2.27. The maximum Gasteiger partial charge on any atom is 0.283 e. The molecule has 1 aromatic carbocycles. The van der Waals surface area contributed by atoms with E-state index in [1.54, 1.807) is 12.1 Å². The van der Waals surface area contributed by atoms with Crippen molar-refractivity contribution in [1.82, 2.24) is 0 Å². The van der Waals surface area contributed by atoms with Crippen LogP contribution in [0.3, 0.4) is 0 Å². The van der Waals surface area contributed by atoms with E-state index in [-0.39, 0.29) is 21.4 Å². The Hall–Kier alpha value is -0.920. The van der Waals surface area contributed by atoms with Crippen LogP contribution in [0.1, 0.15) is 18.4 Å². The highest BCUT2D eigenvalue weighted by atomic mass is 35.5. The lowest BCUT2D eigenvalue weighted by Crippen LogP contribution is -2.25. The van der Waals surface area contributed by atoms with Crippen LogP contribution in [0.25, 0.3) is 0 Å². The number of fused-ring (bicyclic) bond motifs is 1. The van der Waals surface area contributed by atoms with Crippen LogP contribution in [0.2, 0.25) is 5.02 Å². The van der Waals surface area contributed by atoms with Gasteiger partial charge in [0.05, 0.1) is 30.6 Å². The van der Waals surface area contributed by atoms with E-state index in [1.807, 2.05) is 0 Å². The van der Waals surface area contributed by atoms with Gasteiger partial charge in [0.25, 0.3) is 10.0 Å². The maximum absolute atomic E-state index is 12.2. The van der Waals surface area contributed by atoms with Crippen molar-refractivity contribution in [2.45, 2.75) is 23.0 Å². The van der Waals surface area contributed by atoms with Gasteiger partial charge in [-0.3, -0.25) is 4.78 Å². The molecule has 3 rings (SSSR count). The number of hydrogen-bond acceptors (Lipinski definition) is 4.